The zero-order valence-electron chi connectivity index (χ0n) is 15.6. The zero-order valence-corrected chi connectivity index (χ0v) is 15.6. The second-order valence-corrected chi connectivity index (χ2v) is 6.44. The zero-order chi connectivity index (χ0) is 20.6. The van der Waals surface area contributed by atoms with Gasteiger partial charge in [0, 0.05) is 6.20 Å². The fourth-order valence-corrected chi connectivity index (χ4v) is 2.85. The summed E-state index contributed by atoms with van der Waals surface area (Å²) < 4.78 is 6.21. The summed E-state index contributed by atoms with van der Waals surface area (Å²) in [7, 11) is 0. The van der Waals surface area contributed by atoms with Gasteiger partial charge < -0.3 is 14.4 Å². The van der Waals surface area contributed by atoms with Crippen molar-refractivity contribution in [2.75, 3.05) is 5.32 Å². The van der Waals surface area contributed by atoms with Crippen molar-refractivity contribution < 1.29 is 19.4 Å². The molecule has 0 aliphatic carbocycles. The summed E-state index contributed by atoms with van der Waals surface area (Å²) in [5, 5.41) is 11.5. The lowest BCUT2D eigenvalue weighted by Crippen LogP contribution is -2.28. The number of aromatic nitrogens is 1. The molecular formula is C22H20N2O5. The normalized spacial score (nSPS) is 10.3. The van der Waals surface area contributed by atoms with E-state index in [2.05, 4.69) is 5.32 Å². The van der Waals surface area contributed by atoms with Crippen LogP contribution in [0.25, 0.3) is 0 Å². The van der Waals surface area contributed by atoms with Crippen LogP contribution in [-0.4, -0.2) is 21.7 Å². The average Bonchev–Trinajstić information content (AvgIpc) is 2.71. The topological polar surface area (TPSA) is 97.6 Å². The number of hydrogen-bond donors (Lipinski definition) is 2. The predicted molar refractivity (Wildman–Crippen MR) is 108 cm³/mol. The number of nitrogens with one attached hydrogen (secondary N) is 1. The number of carboxylic acids is 1. The molecule has 148 valence electrons. The molecule has 7 heteroatoms. The summed E-state index contributed by atoms with van der Waals surface area (Å²) in [6, 6.07) is 20.2. The average molecular weight is 392 g/mol. The molecule has 29 heavy (non-hydrogen) atoms. The Bertz CT molecular complexity index is 1050. The van der Waals surface area contributed by atoms with Gasteiger partial charge in [0.1, 0.15) is 18.8 Å². The van der Waals surface area contributed by atoms with Gasteiger partial charge >= 0.3 is 12.1 Å². The number of nitrogens with zero attached hydrogens (tertiary/aromatic N) is 1. The van der Waals surface area contributed by atoms with Gasteiger partial charge in [-0.05, 0) is 29.2 Å². The second kappa shape index (κ2) is 9.36. The first kappa shape index (κ1) is 19.9. The van der Waals surface area contributed by atoms with Gasteiger partial charge in [0.25, 0.3) is 5.56 Å². The lowest BCUT2D eigenvalue weighted by molar-refractivity contribution is -0.137. The lowest BCUT2D eigenvalue weighted by Gasteiger charge is -2.12. The van der Waals surface area contributed by atoms with Crippen molar-refractivity contribution in [1.82, 2.24) is 4.57 Å². The van der Waals surface area contributed by atoms with E-state index in [0.717, 1.165) is 15.7 Å². The number of carbonyl (C=O) groups is 2. The van der Waals surface area contributed by atoms with E-state index in [4.69, 9.17) is 9.84 Å². The monoisotopic (exact) mass is 392 g/mol. The van der Waals surface area contributed by atoms with Crippen LogP contribution in [0.4, 0.5) is 10.5 Å². The number of pyridine rings is 1. The van der Waals surface area contributed by atoms with Gasteiger partial charge in [-0.3, -0.25) is 14.9 Å². The molecule has 1 heterocycles. The number of ether oxygens (including phenoxy) is 1. The SMILES string of the molecule is O=C(O)Cn1cc(Cc2ccccc2)cc(NC(=O)OCc2ccccc2)c1=O. The molecule has 0 atom stereocenters. The molecule has 0 fully saturated rings. The minimum Gasteiger partial charge on any atom is -0.480 e. The van der Waals surface area contributed by atoms with Crippen LogP contribution < -0.4 is 10.9 Å². The summed E-state index contributed by atoms with van der Waals surface area (Å²) in [6.45, 7) is -0.450. The number of anilines is 1. The number of amides is 1. The molecule has 0 spiro atoms. The van der Waals surface area contributed by atoms with Crippen LogP contribution in [0.1, 0.15) is 16.7 Å². The van der Waals surface area contributed by atoms with Crippen molar-refractivity contribution >= 4 is 17.7 Å². The van der Waals surface area contributed by atoms with Crippen molar-refractivity contribution in [2.45, 2.75) is 19.6 Å². The number of benzene rings is 2. The molecule has 0 bridgehead atoms. The Hall–Kier alpha value is -3.87. The molecular weight excluding hydrogens is 372 g/mol. The quantitative estimate of drug-likeness (QED) is 0.643. The summed E-state index contributed by atoms with van der Waals surface area (Å²) in [4.78, 5) is 35.8. The van der Waals surface area contributed by atoms with Crippen LogP contribution in [0, 0.1) is 0 Å². The summed E-state index contributed by atoms with van der Waals surface area (Å²) in [5.74, 6) is -1.15. The van der Waals surface area contributed by atoms with E-state index in [-0.39, 0.29) is 12.3 Å². The third-order valence-electron chi connectivity index (χ3n) is 4.15. The Labute approximate surface area is 167 Å². The number of carboxylic acid groups (broad SMARTS) is 1. The third kappa shape index (κ3) is 5.80. The summed E-state index contributed by atoms with van der Waals surface area (Å²) in [5.41, 5.74) is 1.85. The predicted octanol–water partition coefficient (Wildman–Crippen LogP) is 3.27. The van der Waals surface area contributed by atoms with E-state index >= 15 is 0 Å². The van der Waals surface area contributed by atoms with E-state index in [0.29, 0.717) is 12.0 Å². The largest absolute Gasteiger partial charge is 0.480 e. The van der Waals surface area contributed by atoms with Crippen molar-refractivity contribution in [3.63, 3.8) is 0 Å². The lowest BCUT2D eigenvalue weighted by atomic mass is 10.1. The fraction of sp³-hybridized carbons (Fsp3) is 0.136. The van der Waals surface area contributed by atoms with Crippen molar-refractivity contribution in [3.05, 3.63) is 100.0 Å². The molecule has 3 aromatic rings. The number of rotatable bonds is 7. The third-order valence-corrected chi connectivity index (χ3v) is 4.15. The van der Waals surface area contributed by atoms with Gasteiger partial charge in [-0.25, -0.2) is 4.79 Å². The van der Waals surface area contributed by atoms with Crippen molar-refractivity contribution in [2.24, 2.45) is 0 Å². The van der Waals surface area contributed by atoms with Crippen LogP contribution in [0.15, 0.2) is 77.7 Å². The van der Waals surface area contributed by atoms with E-state index in [1.807, 2.05) is 60.7 Å². The van der Waals surface area contributed by atoms with E-state index in [1.165, 1.54) is 12.3 Å². The highest BCUT2D eigenvalue weighted by atomic mass is 16.5. The molecule has 0 saturated heterocycles. The minimum absolute atomic E-state index is 0.0299. The molecule has 0 aliphatic heterocycles. The summed E-state index contributed by atoms with van der Waals surface area (Å²) >= 11 is 0. The highest BCUT2D eigenvalue weighted by molar-refractivity contribution is 5.84. The first-order chi connectivity index (χ1) is 14.0. The Balaban J connectivity index is 1.79. The Morgan fingerprint density at radius 3 is 2.17 bits per heavy atom. The molecule has 2 aromatic carbocycles. The van der Waals surface area contributed by atoms with Crippen LogP contribution >= 0.6 is 0 Å². The van der Waals surface area contributed by atoms with Crippen LogP contribution in [0.2, 0.25) is 0 Å². The molecule has 7 nitrogen and oxygen atoms in total. The maximum atomic E-state index is 12.5. The smallest absolute Gasteiger partial charge is 0.412 e. The first-order valence-electron chi connectivity index (χ1n) is 8.98. The summed E-state index contributed by atoms with van der Waals surface area (Å²) in [6.07, 6.45) is 1.18. The number of aliphatic carboxylic acids is 1. The van der Waals surface area contributed by atoms with Crippen LogP contribution in [0.5, 0.6) is 0 Å². The standard InChI is InChI=1S/C22H20N2O5/c25-20(26)14-24-13-18(11-16-7-3-1-4-8-16)12-19(21(24)27)23-22(28)29-15-17-9-5-2-6-10-17/h1-10,12-13H,11,14-15H2,(H,23,28)(H,25,26). The van der Waals surface area contributed by atoms with Crippen molar-refractivity contribution in [3.8, 4) is 0 Å². The van der Waals surface area contributed by atoms with Gasteiger partial charge in [-0.15, -0.1) is 0 Å². The van der Waals surface area contributed by atoms with Gasteiger partial charge in [0.15, 0.2) is 0 Å². The van der Waals surface area contributed by atoms with Gasteiger partial charge in [-0.1, -0.05) is 60.7 Å². The van der Waals surface area contributed by atoms with Gasteiger partial charge in [0.05, 0.1) is 0 Å². The number of hydrogen-bond acceptors (Lipinski definition) is 4. The van der Waals surface area contributed by atoms with E-state index < -0.39 is 24.2 Å². The Morgan fingerprint density at radius 2 is 1.55 bits per heavy atom. The van der Waals surface area contributed by atoms with Gasteiger partial charge in [-0.2, -0.15) is 0 Å². The maximum Gasteiger partial charge on any atom is 0.412 e. The number of carbonyl (C=O) groups excluding carboxylic acids is 1. The highest BCUT2D eigenvalue weighted by Crippen LogP contribution is 2.13. The molecule has 0 saturated carbocycles. The molecule has 0 unspecified atom stereocenters. The van der Waals surface area contributed by atoms with E-state index in [1.54, 1.807) is 0 Å². The van der Waals surface area contributed by atoms with Crippen molar-refractivity contribution in [1.29, 1.82) is 0 Å². The molecule has 1 aromatic heterocycles. The second-order valence-electron chi connectivity index (χ2n) is 6.44. The van der Waals surface area contributed by atoms with Gasteiger partial charge in [0.2, 0.25) is 0 Å². The molecule has 1 amide bonds. The van der Waals surface area contributed by atoms with E-state index in [9.17, 15) is 14.4 Å². The Morgan fingerprint density at radius 1 is 0.931 bits per heavy atom. The Kier molecular flexibility index (Phi) is 6.42. The highest BCUT2D eigenvalue weighted by Gasteiger charge is 2.13. The molecule has 0 radical (unpaired) electrons. The molecule has 2 N–H and O–H groups in total. The molecule has 0 aliphatic rings. The minimum atomic E-state index is -1.15. The molecule has 3 rings (SSSR count). The van der Waals surface area contributed by atoms with Crippen LogP contribution in [-0.2, 0) is 29.1 Å². The van der Waals surface area contributed by atoms with Crippen LogP contribution in [0.3, 0.4) is 0 Å². The first-order valence-corrected chi connectivity index (χ1v) is 8.98. The fourth-order valence-electron chi connectivity index (χ4n) is 2.85. The maximum absolute atomic E-state index is 12.5.